The maximum absolute atomic E-state index is 12.4. The van der Waals surface area contributed by atoms with Crippen molar-refractivity contribution in [2.45, 2.75) is 63.5 Å². The van der Waals surface area contributed by atoms with Gasteiger partial charge in [0.15, 0.2) is 0 Å². The Morgan fingerprint density at radius 3 is 2.71 bits per heavy atom. The predicted octanol–water partition coefficient (Wildman–Crippen LogP) is 2.28. The fourth-order valence-electron chi connectivity index (χ4n) is 4.67. The highest BCUT2D eigenvalue weighted by molar-refractivity contribution is 5.76. The van der Waals surface area contributed by atoms with Gasteiger partial charge >= 0.3 is 0 Å². The summed E-state index contributed by atoms with van der Waals surface area (Å²) in [7, 11) is 1.72. The average molecular weight is 294 g/mol. The maximum Gasteiger partial charge on any atom is 0.222 e. The molecule has 3 rings (SSSR count). The first-order valence-corrected chi connectivity index (χ1v) is 8.82. The van der Waals surface area contributed by atoms with Crippen LogP contribution in [0.15, 0.2) is 0 Å². The zero-order chi connectivity index (χ0) is 14.7. The summed E-state index contributed by atoms with van der Waals surface area (Å²) in [6.45, 7) is 3.84. The van der Waals surface area contributed by atoms with E-state index in [4.69, 9.17) is 4.74 Å². The fraction of sp³-hybridized carbons (Fsp3) is 0.941. The van der Waals surface area contributed by atoms with Crippen molar-refractivity contribution in [3.63, 3.8) is 0 Å². The zero-order valence-electron chi connectivity index (χ0n) is 13.4. The van der Waals surface area contributed by atoms with Gasteiger partial charge in [0, 0.05) is 45.2 Å². The van der Waals surface area contributed by atoms with Gasteiger partial charge in [-0.2, -0.15) is 0 Å². The van der Waals surface area contributed by atoms with Crippen molar-refractivity contribution in [1.29, 1.82) is 0 Å². The molecule has 2 heterocycles. The van der Waals surface area contributed by atoms with Gasteiger partial charge in [0.05, 0.1) is 6.61 Å². The van der Waals surface area contributed by atoms with Gasteiger partial charge in [-0.25, -0.2) is 0 Å². The Kier molecular flexibility index (Phi) is 5.17. The largest absolute Gasteiger partial charge is 0.383 e. The quantitative estimate of drug-likeness (QED) is 0.797. The summed E-state index contributed by atoms with van der Waals surface area (Å²) in [6.07, 6.45) is 9.80. The molecule has 2 atom stereocenters. The molecule has 21 heavy (non-hydrogen) atoms. The predicted molar refractivity (Wildman–Crippen MR) is 83.2 cm³/mol. The Hall–Kier alpha value is -0.610. The van der Waals surface area contributed by atoms with Crippen LogP contribution >= 0.6 is 0 Å². The van der Waals surface area contributed by atoms with E-state index < -0.39 is 0 Å². The van der Waals surface area contributed by atoms with E-state index in [2.05, 4.69) is 9.80 Å². The SMILES string of the molecule is COCCN1C(=O)CCC[C@H]2CN(C3CCCC3)CC[C@H]21. The van der Waals surface area contributed by atoms with E-state index >= 15 is 0 Å². The third kappa shape index (κ3) is 3.42. The van der Waals surface area contributed by atoms with Gasteiger partial charge in [-0.15, -0.1) is 0 Å². The van der Waals surface area contributed by atoms with Crippen molar-refractivity contribution < 1.29 is 9.53 Å². The summed E-state index contributed by atoms with van der Waals surface area (Å²) >= 11 is 0. The summed E-state index contributed by atoms with van der Waals surface area (Å²) in [5, 5.41) is 0. The fourth-order valence-corrected chi connectivity index (χ4v) is 4.67. The van der Waals surface area contributed by atoms with Crippen LogP contribution in [0.3, 0.4) is 0 Å². The number of carbonyl (C=O) groups is 1. The molecule has 0 aromatic carbocycles. The van der Waals surface area contributed by atoms with Crippen LogP contribution in [-0.4, -0.2) is 61.1 Å². The maximum atomic E-state index is 12.4. The number of fused-ring (bicyclic) bond motifs is 1. The molecule has 0 spiro atoms. The number of amides is 1. The van der Waals surface area contributed by atoms with Crippen LogP contribution in [0.1, 0.15) is 51.4 Å². The van der Waals surface area contributed by atoms with Crippen molar-refractivity contribution >= 4 is 5.91 Å². The third-order valence-corrected chi connectivity index (χ3v) is 5.79. The van der Waals surface area contributed by atoms with Crippen molar-refractivity contribution in [3.05, 3.63) is 0 Å². The minimum atomic E-state index is 0.355. The van der Waals surface area contributed by atoms with Gasteiger partial charge in [0.1, 0.15) is 0 Å². The zero-order valence-corrected chi connectivity index (χ0v) is 13.4. The van der Waals surface area contributed by atoms with E-state index in [1.54, 1.807) is 7.11 Å². The normalized spacial score (nSPS) is 32.2. The second-order valence-electron chi connectivity index (χ2n) is 7.02. The molecule has 2 aliphatic heterocycles. The van der Waals surface area contributed by atoms with Gasteiger partial charge in [0.2, 0.25) is 5.91 Å². The molecule has 1 amide bonds. The Labute approximate surface area is 128 Å². The first-order valence-electron chi connectivity index (χ1n) is 8.82. The van der Waals surface area contributed by atoms with E-state index in [9.17, 15) is 4.79 Å². The lowest BCUT2D eigenvalue weighted by Gasteiger charge is -2.44. The molecule has 0 aromatic rings. The van der Waals surface area contributed by atoms with Crippen molar-refractivity contribution in [3.8, 4) is 0 Å². The highest BCUT2D eigenvalue weighted by Gasteiger charge is 2.39. The van der Waals surface area contributed by atoms with E-state index in [1.165, 1.54) is 45.2 Å². The van der Waals surface area contributed by atoms with Crippen LogP contribution in [0.5, 0.6) is 0 Å². The molecule has 0 N–H and O–H groups in total. The molecule has 0 radical (unpaired) electrons. The molecular formula is C17H30N2O2. The second-order valence-corrected chi connectivity index (χ2v) is 7.02. The van der Waals surface area contributed by atoms with Crippen molar-refractivity contribution in [2.75, 3.05) is 33.4 Å². The number of carbonyl (C=O) groups excluding carboxylic acids is 1. The standard InChI is InChI=1S/C17H30N2O2/c1-21-12-11-19-16-9-10-18(15-6-2-3-7-15)13-14(16)5-4-8-17(19)20/h14-16H,2-13H2,1H3/t14-,16+/m0/s1. The highest BCUT2D eigenvalue weighted by Crippen LogP contribution is 2.34. The first-order chi connectivity index (χ1) is 10.3. The molecule has 0 bridgehead atoms. The lowest BCUT2D eigenvalue weighted by atomic mass is 9.87. The minimum absolute atomic E-state index is 0.355. The number of ether oxygens (including phenoxy) is 1. The van der Waals surface area contributed by atoms with Gasteiger partial charge in [0.25, 0.3) is 0 Å². The average Bonchev–Trinajstić information content (AvgIpc) is 2.98. The number of hydrogen-bond donors (Lipinski definition) is 0. The van der Waals surface area contributed by atoms with Crippen molar-refractivity contribution in [2.24, 2.45) is 5.92 Å². The van der Waals surface area contributed by atoms with Crippen molar-refractivity contribution in [1.82, 2.24) is 9.80 Å². The van der Waals surface area contributed by atoms with Crippen LogP contribution in [0.25, 0.3) is 0 Å². The number of piperidine rings is 1. The summed E-state index contributed by atoms with van der Waals surface area (Å²) in [5.41, 5.74) is 0. The second kappa shape index (κ2) is 7.10. The Morgan fingerprint density at radius 1 is 1.14 bits per heavy atom. The van der Waals surface area contributed by atoms with Crippen LogP contribution < -0.4 is 0 Å². The number of hydrogen-bond acceptors (Lipinski definition) is 3. The summed E-state index contributed by atoms with van der Waals surface area (Å²) < 4.78 is 5.21. The first kappa shape index (κ1) is 15.3. The van der Waals surface area contributed by atoms with Crippen LogP contribution in [-0.2, 0) is 9.53 Å². The minimum Gasteiger partial charge on any atom is -0.383 e. The van der Waals surface area contributed by atoms with E-state index in [0.717, 1.165) is 31.8 Å². The van der Waals surface area contributed by atoms with Gasteiger partial charge < -0.3 is 9.64 Å². The topological polar surface area (TPSA) is 32.8 Å². The number of nitrogens with zero attached hydrogens (tertiary/aromatic N) is 2. The molecule has 3 aliphatic rings. The van der Waals surface area contributed by atoms with Crippen LogP contribution in [0, 0.1) is 5.92 Å². The van der Waals surface area contributed by atoms with Gasteiger partial charge in [-0.3, -0.25) is 9.69 Å². The molecule has 0 aromatic heterocycles. The Bertz CT molecular complexity index is 355. The van der Waals surface area contributed by atoms with E-state index in [-0.39, 0.29) is 0 Å². The molecular weight excluding hydrogens is 264 g/mol. The molecule has 120 valence electrons. The summed E-state index contributed by atoms with van der Waals surface area (Å²) in [4.78, 5) is 17.3. The molecule has 3 fully saturated rings. The van der Waals surface area contributed by atoms with Gasteiger partial charge in [-0.1, -0.05) is 12.8 Å². The number of likely N-dealkylation sites (tertiary alicyclic amines) is 2. The van der Waals surface area contributed by atoms with Crippen LogP contribution in [0.4, 0.5) is 0 Å². The molecule has 1 saturated carbocycles. The molecule has 4 nitrogen and oxygen atoms in total. The lowest BCUT2D eigenvalue weighted by Crippen LogP contribution is -2.54. The van der Waals surface area contributed by atoms with Gasteiger partial charge in [-0.05, 0) is 38.0 Å². The Morgan fingerprint density at radius 2 is 1.95 bits per heavy atom. The summed E-state index contributed by atoms with van der Waals surface area (Å²) in [6, 6.07) is 1.30. The smallest absolute Gasteiger partial charge is 0.222 e. The monoisotopic (exact) mass is 294 g/mol. The molecule has 0 unspecified atom stereocenters. The lowest BCUT2D eigenvalue weighted by molar-refractivity contribution is -0.135. The number of rotatable bonds is 4. The third-order valence-electron chi connectivity index (χ3n) is 5.79. The molecule has 2 saturated heterocycles. The van der Waals surface area contributed by atoms with E-state index in [1.807, 2.05) is 0 Å². The van der Waals surface area contributed by atoms with Crippen LogP contribution in [0.2, 0.25) is 0 Å². The number of methoxy groups -OCH3 is 1. The summed E-state index contributed by atoms with van der Waals surface area (Å²) in [5.74, 6) is 1.04. The van der Waals surface area contributed by atoms with E-state index in [0.29, 0.717) is 24.5 Å². The molecule has 1 aliphatic carbocycles. The highest BCUT2D eigenvalue weighted by atomic mass is 16.5. The molecule has 4 heteroatoms. The Balaban J connectivity index is 1.65.